The number of aliphatic hydroxyl groups is 1. The monoisotopic (exact) mass is 234 g/mol. The Bertz CT molecular complexity index is 505. The molecule has 1 aromatic heterocycles. The summed E-state index contributed by atoms with van der Waals surface area (Å²) in [6.45, 7) is 0. The first-order valence-corrected chi connectivity index (χ1v) is 5.00. The van der Waals surface area contributed by atoms with E-state index in [2.05, 4.69) is 9.97 Å². The van der Waals surface area contributed by atoms with E-state index >= 15 is 0 Å². The fourth-order valence-corrected chi connectivity index (χ4v) is 1.47. The lowest BCUT2D eigenvalue weighted by Gasteiger charge is -2.11. The van der Waals surface area contributed by atoms with E-state index in [1.54, 1.807) is 6.07 Å². The van der Waals surface area contributed by atoms with Crippen molar-refractivity contribution in [2.24, 2.45) is 0 Å². The molecule has 0 bridgehead atoms. The zero-order chi connectivity index (χ0) is 12.3. The topological polar surface area (TPSA) is 55.2 Å². The van der Waals surface area contributed by atoms with Gasteiger partial charge in [0.15, 0.2) is 0 Å². The van der Waals surface area contributed by atoms with Crippen LogP contribution in [0.25, 0.3) is 0 Å². The van der Waals surface area contributed by atoms with E-state index in [0.29, 0.717) is 11.4 Å². The highest BCUT2D eigenvalue weighted by molar-refractivity contribution is 5.32. The van der Waals surface area contributed by atoms with Crippen LogP contribution in [0, 0.1) is 5.82 Å². The molecule has 1 N–H and O–H groups in total. The SMILES string of the molecule is COc1ccc(C(O)c2cnccn2)c(F)c1. The largest absolute Gasteiger partial charge is 0.497 e. The number of halogens is 1. The Hall–Kier alpha value is -2.01. The molecule has 0 aliphatic carbocycles. The van der Waals surface area contributed by atoms with Crippen LogP contribution in [0.4, 0.5) is 4.39 Å². The van der Waals surface area contributed by atoms with Crippen molar-refractivity contribution >= 4 is 0 Å². The van der Waals surface area contributed by atoms with Crippen LogP contribution < -0.4 is 4.74 Å². The fraction of sp³-hybridized carbons (Fsp3) is 0.167. The first-order valence-electron chi connectivity index (χ1n) is 5.00. The van der Waals surface area contributed by atoms with E-state index in [1.165, 1.54) is 37.8 Å². The maximum Gasteiger partial charge on any atom is 0.133 e. The number of aromatic nitrogens is 2. The van der Waals surface area contributed by atoms with Crippen molar-refractivity contribution in [3.8, 4) is 5.75 Å². The van der Waals surface area contributed by atoms with Gasteiger partial charge in [-0.15, -0.1) is 0 Å². The molecule has 0 fully saturated rings. The first kappa shape index (κ1) is 11.5. The number of nitrogens with zero attached hydrogens (tertiary/aromatic N) is 2. The molecular formula is C12H11FN2O2. The zero-order valence-electron chi connectivity index (χ0n) is 9.17. The molecule has 1 atom stereocenters. The minimum atomic E-state index is -1.13. The Labute approximate surface area is 97.7 Å². The quantitative estimate of drug-likeness (QED) is 0.878. The molecule has 0 saturated heterocycles. The second-order valence-corrected chi connectivity index (χ2v) is 3.42. The van der Waals surface area contributed by atoms with Crippen LogP contribution in [-0.2, 0) is 0 Å². The summed E-state index contributed by atoms with van der Waals surface area (Å²) in [7, 11) is 1.45. The third kappa shape index (κ3) is 2.39. The summed E-state index contributed by atoms with van der Waals surface area (Å²) >= 11 is 0. The summed E-state index contributed by atoms with van der Waals surface area (Å²) in [5.74, 6) is -0.139. The van der Waals surface area contributed by atoms with Crippen LogP contribution in [0.15, 0.2) is 36.8 Å². The van der Waals surface area contributed by atoms with E-state index in [-0.39, 0.29) is 5.56 Å². The fourth-order valence-electron chi connectivity index (χ4n) is 1.47. The van der Waals surface area contributed by atoms with Gasteiger partial charge in [0.25, 0.3) is 0 Å². The zero-order valence-corrected chi connectivity index (χ0v) is 9.17. The van der Waals surface area contributed by atoms with Crippen LogP contribution in [0.5, 0.6) is 5.75 Å². The molecule has 0 radical (unpaired) electrons. The standard InChI is InChI=1S/C12H11FN2O2/c1-17-8-2-3-9(10(13)6-8)12(16)11-7-14-4-5-15-11/h2-7,12,16H,1H3. The molecule has 0 saturated carbocycles. The normalized spacial score (nSPS) is 12.2. The van der Waals surface area contributed by atoms with Crippen LogP contribution in [0.2, 0.25) is 0 Å². The van der Waals surface area contributed by atoms with Crippen molar-refractivity contribution in [3.05, 3.63) is 53.9 Å². The molecule has 1 aromatic carbocycles. The molecule has 17 heavy (non-hydrogen) atoms. The van der Waals surface area contributed by atoms with Crippen molar-refractivity contribution in [1.29, 1.82) is 0 Å². The van der Waals surface area contributed by atoms with Crippen molar-refractivity contribution in [2.75, 3.05) is 7.11 Å². The minimum absolute atomic E-state index is 0.145. The first-order chi connectivity index (χ1) is 8.22. The van der Waals surface area contributed by atoms with Gasteiger partial charge >= 0.3 is 0 Å². The van der Waals surface area contributed by atoms with Gasteiger partial charge in [0, 0.05) is 24.0 Å². The number of hydrogen-bond acceptors (Lipinski definition) is 4. The van der Waals surface area contributed by atoms with Gasteiger partial charge in [-0.2, -0.15) is 0 Å². The Balaban J connectivity index is 2.34. The Kier molecular flexibility index (Phi) is 3.30. The molecule has 88 valence electrons. The molecule has 0 aliphatic heterocycles. The van der Waals surface area contributed by atoms with E-state index in [9.17, 15) is 9.50 Å². The van der Waals surface area contributed by atoms with E-state index in [0.717, 1.165) is 0 Å². The number of rotatable bonds is 3. The maximum atomic E-state index is 13.7. The highest BCUT2D eigenvalue weighted by atomic mass is 19.1. The summed E-state index contributed by atoms with van der Waals surface area (Å²) in [5, 5.41) is 9.95. The van der Waals surface area contributed by atoms with E-state index in [1.807, 2.05) is 0 Å². The third-order valence-electron chi connectivity index (χ3n) is 2.37. The average Bonchev–Trinajstić information content (AvgIpc) is 2.39. The molecule has 1 unspecified atom stereocenters. The maximum absolute atomic E-state index is 13.7. The van der Waals surface area contributed by atoms with Gasteiger partial charge in [0.05, 0.1) is 19.0 Å². The van der Waals surface area contributed by atoms with Gasteiger partial charge < -0.3 is 9.84 Å². The summed E-state index contributed by atoms with van der Waals surface area (Å²) in [5.41, 5.74) is 0.447. The lowest BCUT2D eigenvalue weighted by Crippen LogP contribution is -2.05. The van der Waals surface area contributed by atoms with Crippen LogP contribution in [0.3, 0.4) is 0 Å². The number of ether oxygens (including phenoxy) is 1. The number of hydrogen-bond donors (Lipinski definition) is 1. The third-order valence-corrected chi connectivity index (χ3v) is 2.37. The molecule has 2 rings (SSSR count). The Morgan fingerprint density at radius 3 is 2.76 bits per heavy atom. The number of methoxy groups -OCH3 is 1. The van der Waals surface area contributed by atoms with Crippen LogP contribution in [-0.4, -0.2) is 22.2 Å². The van der Waals surface area contributed by atoms with Gasteiger partial charge in [0.2, 0.25) is 0 Å². The molecule has 0 spiro atoms. The molecular weight excluding hydrogens is 223 g/mol. The molecule has 0 aliphatic rings. The second-order valence-electron chi connectivity index (χ2n) is 3.42. The Morgan fingerprint density at radius 2 is 2.18 bits per heavy atom. The average molecular weight is 234 g/mol. The lowest BCUT2D eigenvalue weighted by atomic mass is 10.1. The van der Waals surface area contributed by atoms with Gasteiger partial charge in [0.1, 0.15) is 17.7 Å². The second kappa shape index (κ2) is 4.88. The summed E-state index contributed by atoms with van der Waals surface area (Å²) in [4.78, 5) is 7.75. The smallest absolute Gasteiger partial charge is 0.133 e. The van der Waals surface area contributed by atoms with Gasteiger partial charge in [-0.05, 0) is 12.1 Å². The minimum Gasteiger partial charge on any atom is -0.497 e. The molecule has 1 heterocycles. The molecule has 0 amide bonds. The van der Waals surface area contributed by atoms with Gasteiger partial charge in [-0.1, -0.05) is 0 Å². The summed E-state index contributed by atoms with van der Waals surface area (Å²) in [6.07, 6.45) is 3.20. The molecule has 2 aromatic rings. The number of aliphatic hydroxyl groups excluding tert-OH is 1. The van der Waals surface area contributed by atoms with Crippen molar-refractivity contribution in [2.45, 2.75) is 6.10 Å². The predicted molar refractivity (Wildman–Crippen MR) is 59.0 cm³/mol. The van der Waals surface area contributed by atoms with Crippen LogP contribution in [0.1, 0.15) is 17.4 Å². The van der Waals surface area contributed by atoms with Crippen LogP contribution >= 0.6 is 0 Å². The highest BCUT2D eigenvalue weighted by Crippen LogP contribution is 2.25. The van der Waals surface area contributed by atoms with Gasteiger partial charge in [-0.3, -0.25) is 9.97 Å². The lowest BCUT2D eigenvalue weighted by molar-refractivity contribution is 0.209. The van der Waals surface area contributed by atoms with Crippen molar-refractivity contribution in [1.82, 2.24) is 9.97 Å². The molecule has 5 heteroatoms. The summed E-state index contributed by atoms with van der Waals surface area (Å²) in [6, 6.07) is 4.26. The predicted octanol–water partition coefficient (Wildman–Crippen LogP) is 1.71. The number of benzene rings is 1. The molecule has 4 nitrogen and oxygen atoms in total. The van der Waals surface area contributed by atoms with E-state index in [4.69, 9.17) is 4.74 Å². The van der Waals surface area contributed by atoms with Gasteiger partial charge in [-0.25, -0.2) is 4.39 Å². The highest BCUT2D eigenvalue weighted by Gasteiger charge is 2.16. The van der Waals surface area contributed by atoms with E-state index < -0.39 is 11.9 Å². The Morgan fingerprint density at radius 1 is 1.35 bits per heavy atom. The van der Waals surface area contributed by atoms with Crippen molar-refractivity contribution < 1.29 is 14.2 Å². The summed E-state index contributed by atoms with van der Waals surface area (Å²) < 4.78 is 18.6. The van der Waals surface area contributed by atoms with Crippen molar-refractivity contribution in [3.63, 3.8) is 0 Å².